The van der Waals surface area contributed by atoms with E-state index in [1.54, 1.807) is 42.5 Å². The molecule has 0 spiro atoms. The van der Waals surface area contributed by atoms with Crippen molar-refractivity contribution >= 4 is 21.6 Å². The molecule has 0 radical (unpaired) electrons. The van der Waals surface area contributed by atoms with Gasteiger partial charge in [0.05, 0.1) is 18.5 Å². The van der Waals surface area contributed by atoms with Gasteiger partial charge in [-0.1, -0.05) is 36.4 Å². The van der Waals surface area contributed by atoms with E-state index in [1.807, 2.05) is 32.0 Å². The van der Waals surface area contributed by atoms with E-state index in [-0.39, 0.29) is 24.8 Å². The van der Waals surface area contributed by atoms with Gasteiger partial charge in [0.1, 0.15) is 5.82 Å². The first-order valence-electron chi connectivity index (χ1n) is 9.80. The molecule has 0 saturated heterocycles. The monoisotopic (exact) mass is 440 g/mol. The second-order valence-electron chi connectivity index (χ2n) is 7.59. The maximum atomic E-state index is 13.7. The molecule has 1 amide bonds. The van der Waals surface area contributed by atoms with Gasteiger partial charge in [-0.25, -0.2) is 12.8 Å². The van der Waals surface area contributed by atoms with Gasteiger partial charge in [-0.3, -0.25) is 9.10 Å². The predicted molar refractivity (Wildman–Crippen MR) is 121 cm³/mol. The summed E-state index contributed by atoms with van der Waals surface area (Å²) >= 11 is 0. The number of nitrogens with zero attached hydrogens (tertiary/aromatic N) is 1. The van der Waals surface area contributed by atoms with Gasteiger partial charge in [-0.15, -0.1) is 0 Å². The number of halogens is 1. The average Bonchev–Trinajstić information content (AvgIpc) is 2.70. The first kappa shape index (κ1) is 22.5. The molecule has 7 heteroatoms. The molecule has 0 aliphatic carbocycles. The largest absolute Gasteiger partial charge is 0.348 e. The van der Waals surface area contributed by atoms with Gasteiger partial charge < -0.3 is 5.32 Å². The van der Waals surface area contributed by atoms with Gasteiger partial charge in [-0.05, 0) is 60.9 Å². The van der Waals surface area contributed by atoms with Crippen molar-refractivity contribution in [2.24, 2.45) is 0 Å². The third-order valence-electron chi connectivity index (χ3n) is 4.83. The van der Waals surface area contributed by atoms with Crippen LogP contribution in [0.25, 0.3) is 0 Å². The van der Waals surface area contributed by atoms with Crippen molar-refractivity contribution in [2.75, 3.05) is 10.6 Å². The molecule has 0 aliphatic rings. The summed E-state index contributed by atoms with van der Waals surface area (Å²) in [5.41, 5.74) is 4.13. The molecule has 31 heavy (non-hydrogen) atoms. The Kier molecular flexibility index (Phi) is 6.75. The minimum absolute atomic E-state index is 0.0851. The minimum Gasteiger partial charge on any atom is -0.348 e. The van der Waals surface area contributed by atoms with Gasteiger partial charge in [0.25, 0.3) is 5.91 Å². The molecular formula is C24H25FN2O3S. The molecule has 0 aliphatic heterocycles. The molecule has 0 unspecified atom stereocenters. The fourth-order valence-corrected chi connectivity index (χ4v) is 4.21. The van der Waals surface area contributed by atoms with Crippen LogP contribution in [0.2, 0.25) is 0 Å². The Morgan fingerprint density at radius 3 is 2.16 bits per heavy atom. The Hall–Kier alpha value is -3.19. The Morgan fingerprint density at radius 1 is 0.968 bits per heavy atom. The fraction of sp³-hybridized carbons (Fsp3) is 0.208. The summed E-state index contributed by atoms with van der Waals surface area (Å²) in [7, 11) is -3.50. The zero-order chi connectivity index (χ0) is 22.6. The molecule has 0 atom stereocenters. The zero-order valence-corrected chi connectivity index (χ0v) is 18.5. The quantitative estimate of drug-likeness (QED) is 0.594. The molecule has 0 fully saturated rings. The van der Waals surface area contributed by atoms with E-state index in [4.69, 9.17) is 0 Å². The summed E-state index contributed by atoms with van der Waals surface area (Å²) in [6, 6.07) is 18.6. The van der Waals surface area contributed by atoms with Crippen LogP contribution >= 0.6 is 0 Å². The number of hydrogen-bond donors (Lipinski definition) is 1. The smallest absolute Gasteiger partial charge is 0.251 e. The van der Waals surface area contributed by atoms with Crippen LogP contribution in [0.15, 0.2) is 66.7 Å². The molecule has 0 saturated carbocycles. The third kappa shape index (κ3) is 5.92. The van der Waals surface area contributed by atoms with Crippen molar-refractivity contribution < 1.29 is 17.6 Å². The molecule has 0 bridgehead atoms. The second-order valence-corrected chi connectivity index (χ2v) is 9.49. The van der Waals surface area contributed by atoms with E-state index in [0.717, 1.165) is 16.7 Å². The molecule has 3 rings (SSSR count). The zero-order valence-electron chi connectivity index (χ0n) is 17.7. The molecule has 162 valence electrons. The minimum atomic E-state index is -3.50. The van der Waals surface area contributed by atoms with Gasteiger partial charge in [-0.2, -0.15) is 0 Å². The Balaban J connectivity index is 1.73. The summed E-state index contributed by atoms with van der Waals surface area (Å²) in [5, 5.41) is 2.69. The number of sulfonamides is 1. The van der Waals surface area contributed by atoms with E-state index in [1.165, 1.54) is 16.6 Å². The third-order valence-corrected chi connectivity index (χ3v) is 5.97. The van der Waals surface area contributed by atoms with E-state index >= 15 is 0 Å². The molecule has 3 aromatic rings. The lowest BCUT2D eigenvalue weighted by Gasteiger charge is -2.23. The molecule has 5 nitrogen and oxygen atoms in total. The van der Waals surface area contributed by atoms with E-state index < -0.39 is 10.0 Å². The molecular weight excluding hydrogens is 415 g/mol. The lowest BCUT2D eigenvalue weighted by molar-refractivity contribution is 0.0950. The number of anilines is 1. The Bertz CT molecular complexity index is 1170. The Morgan fingerprint density at radius 2 is 1.58 bits per heavy atom. The summed E-state index contributed by atoms with van der Waals surface area (Å²) in [6.45, 7) is 4.08. The van der Waals surface area contributed by atoms with Crippen LogP contribution in [0, 0.1) is 19.7 Å². The number of nitrogens with one attached hydrogen (secondary N) is 1. The molecule has 0 heterocycles. The SMILES string of the molecule is Cc1cc(C)cc(N(Cc2ccc(C(=O)NCc3ccccc3F)cc2)S(C)(=O)=O)c1. The number of amides is 1. The summed E-state index contributed by atoms with van der Waals surface area (Å²) < 4.78 is 39.9. The van der Waals surface area contributed by atoms with Crippen molar-refractivity contribution in [3.05, 3.63) is 100 Å². The van der Waals surface area contributed by atoms with E-state index in [9.17, 15) is 17.6 Å². The highest BCUT2D eigenvalue weighted by Gasteiger charge is 2.19. The van der Waals surface area contributed by atoms with Crippen LogP contribution in [0.3, 0.4) is 0 Å². The van der Waals surface area contributed by atoms with Crippen LogP contribution in [0.1, 0.15) is 32.6 Å². The van der Waals surface area contributed by atoms with Crippen LogP contribution in [-0.2, 0) is 23.1 Å². The standard InChI is InChI=1S/C24H25FN2O3S/c1-17-12-18(2)14-22(13-17)27(31(3,29)30)16-19-8-10-20(11-9-19)24(28)26-15-21-6-4-5-7-23(21)25/h4-14H,15-16H2,1-3H3,(H,26,28). The van der Waals surface area contributed by atoms with Gasteiger partial charge in [0.2, 0.25) is 10.0 Å². The number of rotatable bonds is 7. The summed E-state index contributed by atoms with van der Waals surface area (Å²) in [4.78, 5) is 12.4. The first-order valence-corrected chi connectivity index (χ1v) is 11.6. The lowest BCUT2D eigenvalue weighted by atomic mass is 10.1. The van der Waals surface area contributed by atoms with Gasteiger partial charge in [0.15, 0.2) is 0 Å². The molecule has 3 aromatic carbocycles. The highest BCUT2D eigenvalue weighted by molar-refractivity contribution is 7.92. The molecule has 0 aromatic heterocycles. The Labute approximate surface area is 182 Å². The summed E-state index contributed by atoms with van der Waals surface area (Å²) in [5.74, 6) is -0.700. The summed E-state index contributed by atoms with van der Waals surface area (Å²) in [6.07, 6.45) is 1.18. The number of hydrogen-bond acceptors (Lipinski definition) is 3. The average molecular weight is 441 g/mol. The van der Waals surface area contributed by atoms with Crippen LogP contribution in [0.5, 0.6) is 0 Å². The van der Waals surface area contributed by atoms with Gasteiger partial charge >= 0.3 is 0 Å². The highest BCUT2D eigenvalue weighted by atomic mass is 32.2. The topological polar surface area (TPSA) is 66.5 Å². The lowest BCUT2D eigenvalue weighted by Crippen LogP contribution is -2.29. The number of carbonyl (C=O) groups is 1. The van der Waals surface area contributed by atoms with Crippen molar-refractivity contribution in [1.29, 1.82) is 0 Å². The van der Waals surface area contributed by atoms with Crippen molar-refractivity contribution in [3.8, 4) is 0 Å². The van der Waals surface area contributed by atoms with Crippen LogP contribution in [-0.4, -0.2) is 20.6 Å². The maximum absolute atomic E-state index is 13.7. The van der Waals surface area contributed by atoms with Crippen molar-refractivity contribution in [1.82, 2.24) is 5.32 Å². The normalized spacial score (nSPS) is 11.2. The van der Waals surface area contributed by atoms with Gasteiger partial charge in [0, 0.05) is 17.7 Å². The van der Waals surface area contributed by atoms with E-state index in [2.05, 4.69) is 5.32 Å². The fourth-order valence-electron chi connectivity index (χ4n) is 3.34. The molecule has 1 N–H and O–H groups in total. The highest BCUT2D eigenvalue weighted by Crippen LogP contribution is 2.23. The number of aryl methyl sites for hydroxylation is 2. The van der Waals surface area contributed by atoms with Crippen molar-refractivity contribution in [2.45, 2.75) is 26.9 Å². The maximum Gasteiger partial charge on any atom is 0.251 e. The van der Waals surface area contributed by atoms with E-state index in [0.29, 0.717) is 16.8 Å². The number of carbonyl (C=O) groups excluding carboxylic acids is 1. The second kappa shape index (κ2) is 9.31. The predicted octanol–water partition coefficient (Wildman–Crippen LogP) is 4.34. The van der Waals surface area contributed by atoms with Crippen LogP contribution in [0.4, 0.5) is 10.1 Å². The van der Waals surface area contributed by atoms with Crippen LogP contribution < -0.4 is 9.62 Å². The van der Waals surface area contributed by atoms with Crippen molar-refractivity contribution in [3.63, 3.8) is 0 Å². The first-order chi connectivity index (χ1) is 14.6. The number of benzene rings is 3.